The molecule has 2 aromatic heterocycles. The molecule has 18 heavy (non-hydrogen) atoms. The van der Waals surface area contributed by atoms with Gasteiger partial charge in [-0.05, 0) is 31.2 Å². The number of hydrogen-bond acceptors (Lipinski definition) is 3. The van der Waals surface area contributed by atoms with Crippen molar-refractivity contribution < 1.29 is 5.11 Å². The van der Waals surface area contributed by atoms with Crippen LogP contribution in [-0.4, -0.2) is 14.7 Å². The number of benzene rings is 1. The van der Waals surface area contributed by atoms with Gasteiger partial charge in [0.2, 0.25) is 0 Å². The van der Waals surface area contributed by atoms with Gasteiger partial charge in [0, 0.05) is 9.75 Å². The van der Waals surface area contributed by atoms with E-state index in [1.54, 1.807) is 17.7 Å². The van der Waals surface area contributed by atoms with Gasteiger partial charge in [-0.3, -0.25) is 0 Å². The van der Waals surface area contributed by atoms with Crippen LogP contribution in [0.2, 0.25) is 0 Å². The molecule has 0 amide bonds. The molecule has 1 N–H and O–H groups in total. The monoisotopic (exact) mass is 258 g/mol. The Morgan fingerprint density at radius 2 is 2.11 bits per heavy atom. The minimum atomic E-state index is -0.471. The fraction of sp³-hybridized carbons (Fsp3) is 0.214. The summed E-state index contributed by atoms with van der Waals surface area (Å²) in [6.07, 6.45) is 1.32. The lowest BCUT2D eigenvalue weighted by molar-refractivity contribution is 0.161. The number of imidazole rings is 1. The van der Waals surface area contributed by atoms with Gasteiger partial charge in [-0.2, -0.15) is 0 Å². The first kappa shape index (κ1) is 11.4. The second kappa shape index (κ2) is 4.55. The summed E-state index contributed by atoms with van der Waals surface area (Å²) < 4.78 is 2.00. The second-order valence-electron chi connectivity index (χ2n) is 4.35. The van der Waals surface area contributed by atoms with Gasteiger partial charge in [0.15, 0.2) is 0 Å². The molecule has 0 aliphatic carbocycles. The van der Waals surface area contributed by atoms with Crippen LogP contribution in [0, 0.1) is 6.92 Å². The van der Waals surface area contributed by atoms with Gasteiger partial charge in [-0.15, -0.1) is 11.3 Å². The highest BCUT2D eigenvalue weighted by Gasteiger charge is 2.12. The summed E-state index contributed by atoms with van der Waals surface area (Å²) in [6.45, 7) is 2.59. The highest BCUT2D eigenvalue weighted by atomic mass is 32.1. The number of rotatable bonds is 3. The van der Waals surface area contributed by atoms with E-state index >= 15 is 0 Å². The lowest BCUT2D eigenvalue weighted by Gasteiger charge is -2.10. The van der Waals surface area contributed by atoms with Crippen molar-refractivity contribution in [3.63, 3.8) is 0 Å². The zero-order chi connectivity index (χ0) is 12.5. The SMILES string of the molecule is Cc1ccc(C(O)Cn2cnc3ccccc32)s1. The largest absolute Gasteiger partial charge is 0.386 e. The molecule has 0 aliphatic heterocycles. The lowest BCUT2D eigenvalue weighted by Crippen LogP contribution is -2.06. The molecule has 3 aromatic rings. The van der Waals surface area contributed by atoms with Crippen LogP contribution in [0.4, 0.5) is 0 Å². The number of thiophene rings is 1. The van der Waals surface area contributed by atoms with Crippen LogP contribution in [0.5, 0.6) is 0 Å². The Hall–Kier alpha value is -1.65. The zero-order valence-electron chi connectivity index (χ0n) is 10.1. The first-order valence-electron chi connectivity index (χ1n) is 5.88. The van der Waals surface area contributed by atoms with Crippen molar-refractivity contribution >= 4 is 22.4 Å². The van der Waals surface area contributed by atoms with Crippen LogP contribution in [0.25, 0.3) is 11.0 Å². The van der Waals surface area contributed by atoms with E-state index in [-0.39, 0.29) is 0 Å². The summed E-state index contributed by atoms with van der Waals surface area (Å²) in [7, 11) is 0. The van der Waals surface area contributed by atoms with Crippen LogP contribution in [-0.2, 0) is 6.54 Å². The van der Waals surface area contributed by atoms with Crippen molar-refractivity contribution in [2.45, 2.75) is 19.6 Å². The molecule has 0 fully saturated rings. The van der Waals surface area contributed by atoms with E-state index in [4.69, 9.17) is 0 Å². The third-order valence-electron chi connectivity index (χ3n) is 2.99. The number of hydrogen-bond donors (Lipinski definition) is 1. The van der Waals surface area contributed by atoms with E-state index < -0.39 is 6.10 Å². The van der Waals surface area contributed by atoms with Crippen LogP contribution < -0.4 is 0 Å². The van der Waals surface area contributed by atoms with Crippen molar-refractivity contribution in [1.29, 1.82) is 0 Å². The van der Waals surface area contributed by atoms with Crippen LogP contribution in [0.15, 0.2) is 42.7 Å². The highest BCUT2D eigenvalue weighted by molar-refractivity contribution is 7.12. The molecule has 1 aromatic carbocycles. The molecule has 0 spiro atoms. The molecule has 2 heterocycles. The minimum Gasteiger partial charge on any atom is -0.386 e. The smallest absolute Gasteiger partial charge is 0.106 e. The van der Waals surface area contributed by atoms with Crippen molar-refractivity contribution in [1.82, 2.24) is 9.55 Å². The number of para-hydroxylation sites is 2. The first-order valence-corrected chi connectivity index (χ1v) is 6.70. The maximum atomic E-state index is 10.2. The summed E-state index contributed by atoms with van der Waals surface area (Å²) in [5.74, 6) is 0. The van der Waals surface area contributed by atoms with E-state index in [1.807, 2.05) is 47.9 Å². The predicted octanol–water partition coefficient (Wildman–Crippen LogP) is 3.14. The predicted molar refractivity (Wildman–Crippen MR) is 73.7 cm³/mol. The Morgan fingerprint density at radius 1 is 1.28 bits per heavy atom. The Kier molecular flexibility index (Phi) is 2.89. The molecule has 3 rings (SSSR count). The maximum Gasteiger partial charge on any atom is 0.106 e. The highest BCUT2D eigenvalue weighted by Crippen LogP contribution is 2.25. The molecular weight excluding hydrogens is 244 g/mol. The number of aliphatic hydroxyl groups is 1. The number of aryl methyl sites for hydroxylation is 1. The molecule has 0 aliphatic rings. The van der Waals surface area contributed by atoms with Gasteiger partial charge in [0.25, 0.3) is 0 Å². The molecular formula is C14H14N2OS. The molecule has 1 unspecified atom stereocenters. The number of fused-ring (bicyclic) bond motifs is 1. The Morgan fingerprint density at radius 3 is 2.89 bits per heavy atom. The van der Waals surface area contributed by atoms with Gasteiger partial charge in [0.1, 0.15) is 6.10 Å². The van der Waals surface area contributed by atoms with E-state index in [2.05, 4.69) is 4.98 Å². The maximum absolute atomic E-state index is 10.2. The topological polar surface area (TPSA) is 38.0 Å². The summed E-state index contributed by atoms with van der Waals surface area (Å²) in [5, 5.41) is 10.2. The average Bonchev–Trinajstić information content (AvgIpc) is 2.97. The zero-order valence-corrected chi connectivity index (χ0v) is 10.9. The summed E-state index contributed by atoms with van der Waals surface area (Å²) in [5.41, 5.74) is 2.02. The van der Waals surface area contributed by atoms with Crippen LogP contribution in [0.3, 0.4) is 0 Å². The van der Waals surface area contributed by atoms with Gasteiger partial charge in [-0.1, -0.05) is 12.1 Å². The Labute approximate surface area is 109 Å². The van der Waals surface area contributed by atoms with Gasteiger partial charge < -0.3 is 9.67 Å². The minimum absolute atomic E-state index is 0.471. The Bertz CT molecular complexity index is 671. The number of aliphatic hydroxyl groups excluding tert-OH is 1. The lowest BCUT2D eigenvalue weighted by atomic mass is 10.2. The van der Waals surface area contributed by atoms with E-state index in [1.165, 1.54) is 4.88 Å². The van der Waals surface area contributed by atoms with Crippen molar-refractivity contribution in [2.24, 2.45) is 0 Å². The third kappa shape index (κ3) is 2.05. The molecule has 0 bridgehead atoms. The van der Waals surface area contributed by atoms with Crippen LogP contribution in [0.1, 0.15) is 15.9 Å². The fourth-order valence-corrected chi connectivity index (χ4v) is 2.92. The molecule has 92 valence electrons. The fourth-order valence-electron chi connectivity index (χ4n) is 2.06. The van der Waals surface area contributed by atoms with E-state index in [0.29, 0.717) is 6.54 Å². The quantitative estimate of drug-likeness (QED) is 0.783. The molecule has 0 saturated heterocycles. The summed E-state index contributed by atoms with van der Waals surface area (Å²) in [4.78, 5) is 6.55. The first-order chi connectivity index (χ1) is 8.74. The van der Waals surface area contributed by atoms with Crippen molar-refractivity contribution in [3.05, 3.63) is 52.5 Å². The molecule has 1 atom stereocenters. The second-order valence-corrected chi connectivity index (χ2v) is 5.67. The normalized spacial score (nSPS) is 13.0. The summed E-state index contributed by atoms with van der Waals surface area (Å²) >= 11 is 1.64. The number of nitrogens with zero attached hydrogens (tertiary/aromatic N) is 2. The molecule has 0 radical (unpaired) electrons. The number of aromatic nitrogens is 2. The Balaban J connectivity index is 1.88. The van der Waals surface area contributed by atoms with Crippen LogP contribution >= 0.6 is 11.3 Å². The van der Waals surface area contributed by atoms with E-state index in [0.717, 1.165) is 15.9 Å². The van der Waals surface area contributed by atoms with Gasteiger partial charge in [0.05, 0.1) is 23.9 Å². The average molecular weight is 258 g/mol. The molecule has 3 nitrogen and oxygen atoms in total. The molecule has 0 saturated carbocycles. The molecule has 4 heteroatoms. The summed E-state index contributed by atoms with van der Waals surface area (Å²) in [6, 6.07) is 12.0. The third-order valence-corrected chi connectivity index (χ3v) is 4.09. The van der Waals surface area contributed by atoms with Crippen molar-refractivity contribution in [3.8, 4) is 0 Å². The van der Waals surface area contributed by atoms with Crippen molar-refractivity contribution in [2.75, 3.05) is 0 Å². The van der Waals surface area contributed by atoms with Gasteiger partial charge in [-0.25, -0.2) is 4.98 Å². The van der Waals surface area contributed by atoms with E-state index in [9.17, 15) is 5.11 Å². The standard InChI is InChI=1S/C14H14N2OS/c1-10-6-7-14(18-10)13(17)8-16-9-15-11-4-2-3-5-12(11)16/h2-7,9,13,17H,8H2,1H3. The van der Waals surface area contributed by atoms with Gasteiger partial charge >= 0.3 is 0 Å².